The van der Waals surface area contributed by atoms with Crippen LogP contribution in [0.2, 0.25) is 0 Å². The average molecular weight is 539 g/mol. The summed E-state index contributed by atoms with van der Waals surface area (Å²) in [6.07, 6.45) is -4.40. The van der Waals surface area contributed by atoms with Gasteiger partial charge in [0.2, 0.25) is 0 Å². The molecule has 0 aliphatic carbocycles. The van der Waals surface area contributed by atoms with Gasteiger partial charge in [-0.1, -0.05) is 61.9 Å². The first-order valence-electron chi connectivity index (χ1n) is 13.4. The lowest BCUT2D eigenvalue weighted by molar-refractivity contribution is -0.137. The van der Waals surface area contributed by atoms with Crippen molar-refractivity contribution in [3.05, 3.63) is 101 Å². The molecular formula is C32H37F3N2O2. The zero-order chi connectivity index (χ0) is 28.2. The minimum absolute atomic E-state index is 0.0140. The van der Waals surface area contributed by atoms with Crippen LogP contribution in [0.4, 0.5) is 13.2 Å². The van der Waals surface area contributed by atoms with Crippen LogP contribution in [-0.4, -0.2) is 49.0 Å². The number of carbonyl (C=O) groups excluding carboxylic acids is 1. The summed E-state index contributed by atoms with van der Waals surface area (Å²) in [6.45, 7) is 9.16. The number of nitrogens with zero attached hydrogens (tertiary/aromatic N) is 2. The smallest absolute Gasteiger partial charge is 0.416 e. The molecule has 2 atom stereocenters. The predicted molar refractivity (Wildman–Crippen MR) is 148 cm³/mol. The molecule has 0 aromatic heterocycles. The zero-order valence-corrected chi connectivity index (χ0v) is 23.0. The normalized spacial score (nSPS) is 17.9. The minimum atomic E-state index is -4.40. The number of likely N-dealkylation sites (tertiary alicyclic amines) is 1. The number of methoxy groups -OCH3 is 1. The van der Waals surface area contributed by atoms with E-state index in [4.69, 9.17) is 4.74 Å². The Kier molecular flexibility index (Phi) is 9.01. The van der Waals surface area contributed by atoms with E-state index in [0.717, 1.165) is 22.9 Å². The molecule has 208 valence electrons. The van der Waals surface area contributed by atoms with Crippen LogP contribution >= 0.6 is 0 Å². The summed E-state index contributed by atoms with van der Waals surface area (Å²) in [5.74, 6) is 0.841. The van der Waals surface area contributed by atoms with Gasteiger partial charge in [-0.3, -0.25) is 9.69 Å². The number of hydrogen-bond acceptors (Lipinski definition) is 3. The number of amides is 1. The molecule has 0 radical (unpaired) electrons. The lowest BCUT2D eigenvalue weighted by Crippen LogP contribution is -2.39. The van der Waals surface area contributed by atoms with Crippen molar-refractivity contribution in [1.29, 1.82) is 0 Å². The fraction of sp³-hybridized carbons (Fsp3) is 0.406. The summed E-state index contributed by atoms with van der Waals surface area (Å²) < 4.78 is 46.0. The van der Waals surface area contributed by atoms with Gasteiger partial charge in [0.25, 0.3) is 5.91 Å². The second-order valence-corrected chi connectivity index (χ2v) is 11.0. The molecular weight excluding hydrogens is 501 g/mol. The molecule has 1 saturated heterocycles. The van der Waals surface area contributed by atoms with E-state index >= 15 is 0 Å². The van der Waals surface area contributed by atoms with Crippen LogP contribution in [-0.2, 0) is 12.7 Å². The Morgan fingerprint density at radius 1 is 1.03 bits per heavy atom. The van der Waals surface area contributed by atoms with Gasteiger partial charge >= 0.3 is 6.18 Å². The Morgan fingerprint density at radius 2 is 1.72 bits per heavy atom. The maximum Gasteiger partial charge on any atom is 0.416 e. The molecule has 3 aromatic carbocycles. The number of benzene rings is 3. The van der Waals surface area contributed by atoms with Gasteiger partial charge in [-0.25, -0.2) is 0 Å². The highest BCUT2D eigenvalue weighted by Crippen LogP contribution is 2.37. The molecule has 0 bridgehead atoms. The summed E-state index contributed by atoms with van der Waals surface area (Å²) in [5.41, 5.74) is 2.84. The quantitative estimate of drug-likeness (QED) is 0.293. The first-order valence-corrected chi connectivity index (χ1v) is 13.4. The number of carbonyl (C=O) groups is 1. The molecule has 39 heavy (non-hydrogen) atoms. The molecule has 1 aliphatic heterocycles. The highest BCUT2D eigenvalue weighted by atomic mass is 19.4. The molecule has 1 amide bonds. The van der Waals surface area contributed by atoms with Crippen LogP contribution in [0, 0.1) is 18.8 Å². The summed E-state index contributed by atoms with van der Waals surface area (Å²) >= 11 is 0. The van der Waals surface area contributed by atoms with Crippen molar-refractivity contribution < 1.29 is 22.7 Å². The second-order valence-electron chi connectivity index (χ2n) is 11.0. The highest BCUT2D eigenvalue weighted by Gasteiger charge is 2.38. The van der Waals surface area contributed by atoms with Gasteiger partial charge in [0.15, 0.2) is 0 Å². The van der Waals surface area contributed by atoms with E-state index in [1.165, 1.54) is 12.1 Å². The molecule has 1 fully saturated rings. The lowest BCUT2D eigenvalue weighted by atomic mass is 9.87. The van der Waals surface area contributed by atoms with E-state index < -0.39 is 11.7 Å². The van der Waals surface area contributed by atoms with Gasteiger partial charge < -0.3 is 9.64 Å². The van der Waals surface area contributed by atoms with E-state index in [1.54, 1.807) is 13.2 Å². The van der Waals surface area contributed by atoms with Crippen LogP contribution in [0.15, 0.2) is 72.8 Å². The molecule has 2 unspecified atom stereocenters. The third-order valence-electron chi connectivity index (χ3n) is 7.35. The average Bonchev–Trinajstić information content (AvgIpc) is 3.30. The fourth-order valence-electron chi connectivity index (χ4n) is 5.43. The third kappa shape index (κ3) is 7.41. The Labute approximate surface area is 229 Å². The van der Waals surface area contributed by atoms with Crippen LogP contribution in [0.5, 0.6) is 5.75 Å². The number of rotatable bonds is 9. The topological polar surface area (TPSA) is 32.8 Å². The molecule has 3 aromatic rings. The van der Waals surface area contributed by atoms with Gasteiger partial charge in [-0.2, -0.15) is 13.2 Å². The molecule has 1 aliphatic rings. The minimum Gasteiger partial charge on any atom is -0.497 e. The number of hydrogen-bond donors (Lipinski definition) is 0. The molecule has 0 N–H and O–H groups in total. The summed E-state index contributed by atoms with van der Waals surface area (Å²) in [7, 11) is 1.63. The van der Waals surface area contributed by atoms with Crippen LogP contribution in [0.1, 0.15) is 52.4 Å². The van der Waals surface area contributed by atoms with Gasteiger partial charge in [-0.05, 0) is 60.2 Å². The van der Waals surface area contributed by atoms with Crippen molar-refractivity contribution in [2.45, 2.75) is 39.4 Å². The predicted octanol–water partition coefficient (Wildman–Crippen LogP) is 7.04. The Hall–Kier alpha value is -3.32. The largest absolute Gasteiger partial charge is 0.497 e. The van der Waals surface area contributed by atoms with Crippen molar-refractivity contribution in [3.63, 3.8) is 0 Å². The SMILES string of the molecule is COc1ccc(CN2CC(CN(CC(C)C)C(=O)c3ccc(C)cc3)C(c3cccc(C(F)(F)F)c3)C2)cc1. The maximum atomic E-state index is 13.6. The summed E-state index contributed by atoms with van der Waals surface area (Å²) in [4.78, 5) is 17.8. The molecule has 7 heteroatoms. The first kappa shape index (κ1) is 28.7. The van der Waals surface area contributed by atoms with Crippen molar-refractivity contribution in [2.24, 2.45) is 11.8 Å². The van der Waals surface area contributed by atoms with E-state index in [-0.39, 0.29) is 23.7 Å². The van der Waals surface area contributed by atoms with Gasteiger partial charge in [0.05, 0.1) is 12.7 Å². The molecule has 4 nitrogen and oxygen atoms in total. The number of halogens is 3. The Morgan fingerprint density at radius 3 is 2.33 bits per heavy atom. The molecule has 0 saturated carbocycles. The van der Waals surface area contributed by atoms with E-state index in [1.807, 2.05) is 60.4 Å². The standard InChI is InChI=1S/C32H37F3N2O2/c1-22(2)17-37(31(38)25-12-8-23(3)9-13-25)20-27-19-36(18-24-10-14-29(39-4)15-11-24)21-30(27)26-6-5-7-28(16-26)32(33,34)35/h5-16,22,27,30H,17-21H2,1-4H3. The van der Waals surface area contributed by atoms with Crippen LogP contribution in [0.25, 0.3) is 0 Å². The number of aryl methyl sites for hydroxylation is 1. The van der Waals surface area contributed by atoms with Gasteiger partial charge in [0, 0.05) is 44.2 Å². The number of ether oxygens (including phenoxy) is 1. The zero-order valence-electron chi connectivity index (χ0n) is 23.0. The monoisotopic (exact) mass is 538 g/mol. The molecule has 0 spiro atoms. The summed E-state index contributed by atoms with van der Waals surface area (Å²) in [5, 5.41) is 0. The first-order chi connectivity index (χ1) is 18.5. The van der Waals surface area contributed by atoms with E-state index in [9.17, 15) is 18.0 Å². The van der Waals surface area contributed by atoms with Gasteiger partial charge in [-0.15, -0.1) is 0 Å². The Balaban J connectivity index is 1.62. The van der Waals surface area contributed by atoms with E-state index in [2.05, 4.69) is 18.7 Å². The lowest BCUT2D eigenvalue weighted by Gasteiger charge is -2.30. The Bertz CT molecular complexity index is 1240. The van der Waals surface area contributed by atoms with E-state index in [0.29, 0.717) is 43.9 Å². The second kappa shape index (κ2) is 12.2. The fourth-order valence-corrected chi connectivity index (χ4v) is 5.43. The molecule has 4 rings (SSSR count). The summed E-state index contributed by atoms with van der Waals surface area (Å²) in [6, 6.07) is 21.1. The van der Waals surface area contributed by atoms with Gasteiger partial charge in [0.1, 0.15) is 5.75 Å². The third-order valence-corrected chi connectivity index (χ3v) is 7.35. The number of alkyl halides is 3. The van der Waals surface area contributed by atoms with Crippen LogP contribution < -0.4 is 4.74 Å². The van der Waals surface area contributed by atoms with Crippen LogP contribution in [0.3, 0.4) is 0 Å². The highest BCUT2D eigenvalue weighted by molar-refractivity contribution is 5.94. The van der Waals surface area contributed by atoms with Crippen molar-refractivity contribution in [2.75, 3.05) is 33.3 Å². The van der Waals surface area contributed by atoms with Crippen molar-refractivity contribution in [3.8, 4) is 5.75 Å². The van der Waals surface area contributed by atoms with Crippen molar-refractivity contribution >= 4 is 5.91 Å². The van der Waals surface area contributed by atoms with Crippen molar-refractivity contribution in [1.82, 2.24) is 9.80 Å². The molecule has 1 heterocycles. The maximum absolute atomic E-state index is 13.6.